The third-order valence-corrected chi connectivity index (χ3v) is 16.7. The monoisotopic (exact) mass is 1300 g/mol. The maximum Gasteiger partial charge on any atom is 0.143 e. The number of fused-ring (bicyclic) bond motifs is 22. The molecule has 0 spiro atoms. The van der Waals surface area contributed by atoms with Gasteiger partial charge in [0.15, 0.2) is 0 Å². The molecule has 4 aromatic heterocycles. The van der Waals surface area contributed by atoms with Crippen LogP contribution in [-0.4, -0.2) is 0 Å². The van der Waals surface area contributed by atoms with E-state index >= 15 is 0 Å². The minimum Gasteiger partial charge on any atom is -0.456 e. The van der Waals surface area contributed by atoms with E-state index in [0.29, 0.717) is 0 Å². The first-order valence-electron chi connectivity index (χ1n) is 56.1. The van der Waals surface area contributed by atoms with Crippen LogP contribution in [0.1, 0.15) is 74.0 Å². The van der Waals surface area contributed by atoms with Gasteiger partial charge in [0, 0.05) is 54.0 Å². The summed E-state index contributed by atoms with van der Waals surface area (Å²) < 4.78 is 512. The standard InChI is InChI=1S/C52H30O2.C42H24O2/c1-2-13-34-31(12-1)28-29-46-50(34)51-38-16-4-3-14-36(38)44(30-47(51)53-46)49-41-19-7-5-17-39(41)48(40-18-6-8-20-42(40)49)33-26-24-32(25-27-33)35-21-11-22-43-37-15-9-10-23-45(37)54-52(35)43;1-2-10-28-25(9-1)17-22-36-31-21-19-27(24-39(31)44-42(28)36)41-34-14-5-3-12-32(34)40(33-13-4-6-15-35(33)41)26-18-20-30-29-11-7-8-16-37(29)43-38(30)23-26/h1-30H;1-24H/i1D,2D,3D,4D,5D,6D,7D,8D,9D,10D,11D,12D,13D,14D,15D,16D,17D,18D,19D,20D,21D,22D,23D,24D,25D,26D,27D,28D,29D,30D;1D,2D,3D,4D,5D,6D,7D,8D,9D,10D,11D,12D,13D,14D,15D,16D,17D,18D,19D,20D,21D,22D,23D,24D. The minimum absolute atomic E-state index is 0.346. The molecule has 0 fully saturated rings. The molecule has 0 saturated carbocycles. The molecule has 0 radical (unpaired) electrons. The quantitative estimate of drug-likeness (QED) is 0.161. The predicted molar refractivity (Wildman–Crippen MR) is 412 cm³/mol. The Hall–Kier alpha value is -13.0. The summed E-state index contributed by atoms with van der Waals surface area (Å²) in [7, 11) is 0. The van der Waals surface area contributed by atoms with E-state index < -0.39 is 529 Å². The van der Waals surface area contributed by atoms with Crippen molar-refractivity contribution < 1.29 is 91.7 Å². The number of hydrogen-bond donors (Lipinski definition) is 0. The highest BCUT2D eigenvalue weighted by atomic mass is 16.3. The van der Waals surface area contributed by atoms with Crippen molar-refractivity contribution in [1.82, 2.24) is 0 Å². The minimum atomic E-state index is -1.12. The van der Waals surface area contributed by atoms with Gasteiger partial charge in [0.05, 0.1) is 74.0 Å². The SMILES string of the molecule is [2H]c1c([2H])c(-c2c3c([2H])c([2H])c([2H])c([2H])c3c(-c3c([2H])c4oc5c([2H])c([2H])c6c([2H])c([2H])c([2H])c([2H])c6c5c4c4c([2H])c([2H])c([2H])c([2H])c34)c3c([2H])c([2H])c([2H])c([2H])c23)c([2H])c([2H])c1-c1c([2H])c([2H])c([2H])c2c1oc1c([2H])c([2H])c([2H])c([2H])c12.[2H]c1c([2H])c([2H])c2c(oc3c([2H])c(-c4c5c([2H])c([2H])c([2H])c([2H])c5c(-c5c([2H])c([2H])c6c(oc7c8c([2H])c([2H])c([2H])c([2H])c8c([2H])c([2H])c76)c5[2H])c5c([2H])c([2H])c([2H])c([2H])c45)c([2H])c([2H])c32)c1[2H]. The van der Waals surface area contributed by atoms with Crippen LogP contribution in [0.2, 0.25) is 0 Å². The maximum atomic E-state index is 10.1. The van der Waals surface area contributed by atoms with Gasteiger partial charge in [-0.05, 0) is 174 Å². The molecule has 4 nitrogen and oxygen atoms in total. The Morgan fingerprint density at radius 1 is 0.173 bits per heavy atom. The summed E-state index contributed by atoms with van der Waals surface area (Å²) in [5.41, 5.74) is -12.0. The van der Waals surface area contributed by atoms with Crippen molar-refractivity contribution in [1.29, 1.82) is 0 Å². The van der Waals surface area contributed by atoms with E-state index in [0.717, 1.165) is 0 Å². The lowest BCUT2D eigenvalue weighted by atomic mass is 9.84. The largest absolute Gasteiger partial charge is 0.456 e. The lowest BCUT2D eigenvalue weighted by Crippen LogP contribution is -1.92. The van der Waals surface area contributed by atoms with E-state index in [9.17, 15) is 28.8 Å². The summed E-state index contributed by atoms with van der Waals surface area (Å²) in [4.78, 5) is 0. The number of rotatable bonds is 5. The molecule has 0 N–H and O–H groups in total. The number of benzene rings is 18. The lowest BCUT2D eigenvalue weighted by Gasteiger charge is -2.19. The van der Waals surface area contributed by atoms with Crippen molar-refractivity contribution in [3.05, 3.63) is 326 Å². The van der Waals surface area contributed by atoms with Gasteiger partial charge >= 0.3 is 0 Å². The first-order valence-corrected chi connectivity index (χ1v) is 29.1. The molecule has 454 valence electrons. The molecule has 0 bridgehead atoms. The Labute approximate surface area is 636 Å². The summed E-state index contributed by atoms with van der Waals surface area (Å²) in [6.45, 7) is 0. The zero-order valence-corrected chi connectivity index (χ0v) is 48.6. The Morgan fingerprint density at radius 2 is 0.541 bits per heavy atom. The van der Waals surface area contributed by atoms with Gasteiger partial charge in [0.1, 0.15) is 44.7 Å². The van der Waals surface area contributed by atoms with Crippen LogP contribution in [0.4, 0.5) is 0 Å². The Kier molecular flexibility index (Phi) is 5.14. The smallest absolute Gasteiger partial charge is 0.143 e. The zero-order valence-electron chi connectivity index (χ0n) is 103. The molecule has 22 aromatic rings. The van der Waals surface area contributed by atoms with E-state index in [2.05, 4.69) is 0 Å². The molecule has 4 heterocycles. The van der Waals surface area contributed by atoms with Crippen LogP contribution in [-0.2, 0) is 0 Å². The van der Waals surface area contributed by atoms with Gasteiger partial charge in [-0.1, -0.05) is 272 Å². The molecule has 18 aromatic carbocycles. The maximum absolute atomic E-state index is 10.1. The van der Waals surface area contributed by atoms with Gasteiger partial charge in [-0.3, -0.25) is 0 Å². The van der Waals surface area contributed by atoms with Crippen molar-refractivity contribution in [2.75, 3.05) is 0 Å². The van der Waals surface area contributed by atoms with E-state index in [1.54, 1.807) is 0 Å². The van der Waals surface area contributed by atoms with Crippen LogP contribution < -0.4 is 0 Å². The molecule has 0 saturated heterocycles. The Bertz CT molecular complexity index is 10400. The molecular weight excluding hydrogens is 1190 g/mol. The van der Waals surface area contributed by atoms with Crippen LogP contribution in [0, 0.1) is 0 Å². The lowest BCUT2D eigenvalue weighted by molar-refractivity contribution is 0.669. The molecule has 0 amide bonds. The van der Waals surface area contributed by atoms with E-state index in [1.165, 1.54) is 0 Å². The van der Waals surface area contributed by atoms with Gasteiger partial charge < -0.3 is 17.7 Å². The average molecular weight is 1300 g/mol. The van der Waals surface area contributed by atoms with Crippen molar-refractivity contribution in [3.8, 4) is 55.6 Å². The zero-order chi connectivity index (χ0) is 111. The van der Waals surface area contributed by atoms with Gasteiger partial charge in [-0.15, -0.1) is 0 Å². The molecule has 0 atom stereocenters. The molecule has 0 unspecified atom stereocenters. The van der Waals surface area contributed by atoms with Crippen LogP contribution in [0.15, 0.2) is 344 Å². The molecule has 0 aliphatic carbocycles. The van der Waals surface area contributed by atoms with Gasteiger partial charge in [-0.2, -0.15) is 0 Å². The first kappa shape index (κ1) is 23.7. The fourth-order valence-electron chi connectivity index (χ4n) is 12.6. The second-order valence-corrected chi connectivity index (χ2v) is 21.8. The van der Waals surface area contributed by atoms with Crippen molar-refractivity contribution >= 4 is 163 Å². The number of furan rings is 4. The summed E-state index contributed by atoms with van der Waals surface area (Å²) >= 11 is 0. The second-order valence-electron chi connectivity index (χ2n) is 21.8. The number of hydrogen-bond acceptors (Lipinski definition) is 4. The van der Waals surface area contributed by atoms with Gasteiger partial charge in [0.25, 0.3) is 0 Å². The second kappa shape index (κ2) is 21.2. The third kappa shape index (κ3) is 8.13. The molecular formula is C94H54O4. The van der Waals surface area contributed by atoms with Crippen LogP contribution in [0.5, 0.6) is 0 Å². The summed E-state index contributed by atoms with van der Waals surface area (Å²) in [6, 6.07) is -47.3. The fraction of sp³-hybridized carbons (Fsp3) is 0. The van der Waals surface area contributed by atoms with E-state index in [4.69, 9.17) is 62.9 Å². The normalized spacial score (nSPS) is 19.8. The topological polar surface area (TPSA) is 52.6 Å². The van der Waals surface area contributed by atoms with Crippen molar-refractivity contribution in [3.63, 3.8) is 0 Å². The van der Waals surface area contributed by atoms with Crippen LogP contribution in [0.3, 0.4) is 0 Å². The molecule has 0 aliphatic heterocycles. The average Bonchev–Trinajstić information content (AvgIpc) is 1.07. The fourth-order valence-corrected chi connectivity index (χ4v) is 12.6. The first-order chi connectivity index (χ1) is 71.1. The summed E-state index contributed by atoms with van der Waals surface area (Å²) in [5, 5.41) is -12.0. The molecule has 4 heteroatoms. The number of para-hydroxylation sites is 3. The van der Waals surface area contributed by atoms with Crippen LogP contribution in [0.25, 0.3) is 219 Å². The molecule has 98 heavy (non-hydrogen) atoms. The Morgan fingerprint density at radius 3 is 1.15 bits per heavy atom. The highest BCUT2D eigenvalue weighted by Crippen LogP contribution is 2.51. The third-order valence-electron chi connectivity index (χ3n) is 16.7. The van der Waals surface area contributed by atoms with E-state index in [1.807, 2.05) is 0 Å². The predicted octanol–water partition coefficient (Wildman–Crippen LogP) is 27.4. The van der Waals surface area contributed by atoms with Gasteiger partial charge in [-0.25, -0.2) is 0 Å². The molecule has 22 rings (SSSR count). The Balaban J connectivity index is 0.000000181. The van der Waals surface area contributed by atoms with Gasteiger partial charge in [0.2, 0.25) is 0 Å². The van der Waals surface area contributed by atoms with E-state index in [-0.39, 0.29) is 16.2 Å². The summed E-state index contributed by atoms with van der Waals surface area (Å²) in [5.74, 6) is 0. The van der Waals surface area contributed by atoms with Crippen molar-refractivity contribution in [2.45, 2.75) is 0 Å². The van der Waals surface area contributed by atoms with Crippen molar-refractivity contribution in [2.24, 2.45) is 0 Å². The summed E-state index contributed by atoms with van der Waals surface area (Å²) in [6.07, 6.45) is 0. The highest BCUT2D eigenvalue weighted by molar-refractivity contribution is 6.31. The van der Waals surface area contributed by atoms with Crippen LogP contribution >= 0.6 is 0 Å². The molecule has 0 aliphatic rings. The highest BCUT2D eigenvalue weighted by Gasteiger charge is 2.24.